The number of rotatable bonds is 6. The first kappa shape index (κ1) is 19.8. The number of amides is 1. The molecule has 1 aliphatic rings. The van der Waals surface area contributed by atoms with Crippen LogP contribution in [0.3, 0.4) is 0 Å². The van der Waals surface area contributed by atoms with Crippen LogP contribution in [0.15, 0.2) is 5.16 Å². The molecule has 0 aliphatic carbocycles. The lowest BCUT2D eigenvalue weighted by Crippen LogP contribution is -2.29. The van der Waals surface area contributed by atoms with E-state index in [-0.39, 0.29) is 12.3 Å². The molecular weight excluding hydrogens is 388 g/mol. The maximum absolute atomic E-state index is 12.6. The second-order valence-electron chi connectivity index (χ2n) is 7.34. The fraction of sp³-hybridized carbons (Fsp3) is 0.579. The van der Waals surface area contributed by atoms with E-state index in [0.717, 1.165) is 41.6 Å². The third kappa shape index (κ3) is 4.12. The standard InChI is InChI=1S/C19H26N8OS/c1-12-14(13(2)27-18(21-12)22-19(25-27)29-3)11-17(28)20-9-8-16-24-23-15-7-5-4-6-10-26(15)16/h4-11H2,1-3H3,(H,20,28). The zero-order valence-corrected chi connectivity index (χ0v) is 17.9. The monoisotopic (exact) mass is 414 g/mol. The number of carbonyl (C=O) groups excluding carboxylic acids is 1. The van der Waals surface area contributed by atoms with Crippen LogP contribution < -0.4 is 5.32 Å². The molecule has 9 nitrogen and oxygen atoms in total. The van der Waals surface area contributed by atoms with E-state index in [1.54, 1.807) is 4.52 Å². The highest BCUT2D eigenvalue weighted by molar-refractivity contribution is 7.98. The molecule has 0 aromatic carbocycles. The molecule has 0 atom stereocenters. The van der Waals surface area contributed by atoms with Crippen molar-refractivity contribution in [2.75, 3.05) is 12.8 Å². The van der Waals surface area contributed by atoms with Crippen molar-refractivity contribution in [2.24, 2.45) is 0 Å². The van der Waals surface area contributed by atoms with Gasteiger partial charge < -0.3 is 9.88 Å². The average Bonchev–Trinajstić information content (AvgIpc) is 3.21. The molecule has 29 heavy (non-hydrogen) atoms. The van der Waals surface area contributed by atoms with Crippen LogP contribution in [-0.2, 0) is 30.6 Å². The van der Waals surface area contributed by atoms with Crippen molar-refractivity contribution in [1.29, 1.82) is 0 Å². The lowest BCUT2D eigenvalue weighted by Gasteiger charge is -2.11. The molecule has 4 rings (SSSR count). The highest BCUT2D eigenvalue weighted by Gasteiger charge is 2.17. The Kier molecular flexibility index (Phi) is 5.79. The van der Waals surface area contributed by atoms with Gasteiger partial charge in [0.25, 0.3) is 5.78 Å². The Morgan fingerprint density at radius 3 is 2.86 bits per heavy atom. The third-order valence-corrected chi connectivity index (χ3v) is 5.94. The van der Waals surface area contributed by atoms with Crippen LogP contribution in [0.25, 0.3) is 5.78 Å². The minimum Gasteiger partial charge on any atom is -0.355 e. The number of aryl methyl sites for hydroxylation is 3. The summed E-state index contributed by atoms with van der Waals surface area (Å²) in [6.45, 7) is 5.39. The van der Waals surface area contributed by atoms with Gasteiger partial charge in [-0.25, -0.2) is 9.50 Å². The molecule has 4 heterocycles. The first-order chi connectivity index (χ1) is 14.1. The van der Waals surface area contributed by atoms with E-state index in [2.05, 4.69) is 35.1 Å². The Morgan fingerprint density at radius 2 is 2.03 bits per heavy atom. The number of nitrogens with one attached hydrogen (secondary N) is 1. The van der Waals surface area contributed by atoms with E-state index in [1.165, 1.54) is 31.0 Å². The Morgan fingerprint density at radius 1 is 1.17 bits per heavy atom. The first-order valence-corrected chi connectivity index (χ1v) is 11.2. The minimum atomic E-state index is -0.0295. The van der Waals surface area contributed by atoms with Gasteiger partial charge in [-0.1, -0.05) is 18.2 Å². The molecule has 1 N–H and O–H groups in total. The summed E-state index contributed by atoms with van der Waals surface area (Å²) in [6.07, 6.45) is 7.46. The smallest absolute Gasteiger partial charge is 0.253 e. The minimum absolute atomic E-state index is 0.0295. The molecule has 154 valence electrons. The molecule has 0 saturated heterocycles. The van der Waals surface area contributed by atoms with Crippen molar-refractivity contribution in [1.82, 2.24) is 39.7 Å². The molecule has 3 aromatic heterocycles. The lowest BCUT2D eigenvalue weighted by atomic mass is 10.1. The number of carbonyl (C=O) groups is 1. The number of hydrogen-bond donors (Lipinski definition) is 1. The molecule has 1 aliphatic heterocycles. The molecule has 0 saturated carbocycles. The van der Waals surface area contributed by atoms with Crippen LogP contribution >= 0.6 is 11.8 Å². The predicted molar refractivity (Wildman–Crippen MR) is 110 cm³/mol. The van der Waals surface area contributed by atoms with Crippen molar-refractivity contribution in [3.63, 3.8) is 0 Å². The maximum Gasteiger partial charge on any atom is 0.253 e. The summed E-state index contributed by atoms with van der Waals surface area (Å²) in [5, 5.41) is 16.8. The summed E-state index contributed by atoms with van der Waals surface area (Å²) in [5.41, 5.74) is 2.61. The molecule has 0 bridgehead atoms. The van der Waals surface area contributed by atoms with Gasteiger partial charge in [0.2, 0.25) is 11.1 Å². The van der Waals surface area contributed by atoms with Crippen molar-refractivity contribution in [3.05, 3.63) is 28.6 Å². The topological polar surface area (TPSA) is 103 Å². The van der Waals surface area contributed by atoms with E-state index in [9.17, 15) is 4.79 Å². The largest absolute Gasteiger partial charge is 0.355 e. The van der Waals surface area contributed by atoms with E-state index < -0.39 is 0 Å². The SMILES string of the molecule is CSc1nc2nc(C)c(CC(=O)NCCc3nnc4n3CCCCC4)c(C)n2n1. The number of aromatic nitrogens is 7. The van der Waals surface area contributed by atoms with Gasteiger partial charge in [-0.15, -0.1) is 15.3 Å². The Labute approximate surface area is 173 Å². The van der Waals surface area contributed by atoms with Crippen LogP contribution in [0.4, 0.5) is 0 Å². The van der Waals surface area contributed by atoms with Gasteiger partial charge in [-0.3, -0.25) is 4.79 Å². The van der Waals surface area contributed by atoms with Crippen LogP contribution in [0.2, 0.25) is 0 Å². The van der Waals surface area contributed by atoms with Crippen LogP contribution in [0.5, 0.6) is 0 Å². The summed E-state index contributed by atoms with van der Waals surface area (Å²) in [5.74, 6) is 2.58. The van der Waals surface area contributed by atoms with Gasteiger partial charge >= 0.3 is 0 Å². The summed E-state index contributed by atoms with van der Waals surface area (Å²) in [7, 11) is 0. The molecular formula is C19H26N8OS. The quantitative estimate of drug-likeness (QED) is 0.612. The Bertz CT molecular complexity index is 1040. The predicted octanol–water partition coefficient (Wildman–Crippen LogP) is 1.68. The normalized spacial score (nSPS) is 14.0. The van der Waals surface area contributed by atoms with Gasteiger partial charge in [0, 0.05) is 42.9 Å². The van der Waals surface area contributed by atoms with Crippen molar-refractivity contribution >= 4 is 23.4 Å². The number of hydrogen-bond acceptors (Lipinski definition) is 7. The first-order valence-electron chi connectivity index (χ1n) is 10.0. The molecule has 0 radical (unpaired) electrons. The van der Waals surface area contributed by atoms with E-state index in [4.69, 9.17) is 0 Å². The number of thioether (sulfide) groups is 1. The van der Waals surface area contributed by atoms with Crippen LogP contribution in [-0.4, -0.2) is 53.1 Å². The number of fused-ring (bicyclic) bond motifs is 2. The Hall–Kier alpha value is -2.49. The van der Waals surface area contributed by atoms with Crippen molar-refractivity contribution in [2.45, 2.75) is 64.1 Å². The second-order valence-corrected chi connectivity index (χ2v) is 8.12. The van der Waals surface area contributed by atoms with Gasteiger partial charge in [-0.05, 0) is 32.9 Å². The molecule has 10 heteroatoms. The lowest BCUT2D eigenvalue weighted by molar-refractivity contribution is -0.120. The van der Waals surface area contributed by atoms with E-state index in [0.29, 0.717) is 23.9 Å². The van der Waals surface area contributed by atoms with E-state index >= 15 is 0 Å². The highest BCUT2D eigenvalue weighted by atomic mass is 32.2. The highest BCUT2D eigenvalue weighted by Crippen LogP contribution is 2.17. The van der Waals surface area contributed by atoms with Gasteiger partial charge in [0.1, 0.15) is 11.6 Å². The van der Waals surface area contributed by atoms with Gasteiger partial charge in [-0.2, -0.15) is 4.98 Å². The zero-order valence-electron chi connectivity index (χ0n) is 17.1. The molecule has 3 aromatic rings. The van der Waals surface area contributed by atoms with Crippen molar-refractivity contribution < 1.29 is 4.79 Å². The molecule has 1 amide bonds. The fourth-order valence-electron chi connectivity index (χ4n) is 3.80. The second kappa shape index (κ2) is 8.48. The Balaban J connectivity index is 1.40. The summed E-state index contributed by atoms with van der Waals surface area (Å²) in [4.78, 5) is 21.4. The van der Waals surface area contributed by atoms with Gasteiger partial charge in [0.05, 0.1) is 6.42 Å². The molecule has 0 fully saturated rings. The zero-order chi connectivity index (χ0) is 20.4. The fourth-order valence-corrected chi connectivity index (χ4v) is 4.14. The summed E-state index contributed by atoms with van der Waals surface area (Å²) in [6, 6.07) is 0. The number of nitrogens with zero attached hydrogens (tertiary/aromatic N) is 7. The maximum atomic E-state index is 12.6. The van der Waals surface area contributed by atoms with E-state index in [1.807, 2.05) is 20.1 Å². The van der Waals surface area contributed by atoms with Crippen LogP contribution in [0.1, 0.15) is 47.9 Å². The average molecular weight is 415 g/mol. The van der Waals surface area contributed by atoms with Crippen LogP contribution in [0, 0.1) is 13.8 Å². The summed E-state index contributed by atoms with van der Waals surface area (Å²) >= 11 is 1.47. The van der Waals surface area contributed by atoms with Crippen molar-refractivity contribution in [3.8, 4) is 0 Å². The summed E-state index contributed by atoms with van der Waals surface area (Å²) < 4.78 is 3.94. The third-order valence-electron chi connectivity index (χ3n) is 5.41. The molecule has 0 unspecified atom stereocenters. The molecule has 0 spiro atoms. The van der Waals surface area contributed by atoms with Gasteiger partial charge in [0.15, 0.2) is 0 Å².